The summed E-state index contributed by atoms with van der Waals surface area (Å²) in [6, 6.07) is 0. The maximum absolute atomic E-state index is 0. The van der Waals surface area contributed by atoms with E-state index in [1.54, 1.807) is 0 Å². The summed E-state index contributed by atoms with van der Waals surface area (Å²) < 4.78 is 0. The standard InChI is InChI=1S/Cd.Ce.Cu.Zr. The molecule has 0 bridgehead atoms. The van der Waals surface area contributed by atoms with Gasteiger partial charge in [-0.1, -0.05) is 0 Å². The van der Waals surface area contributed by atoms with Crippen LogP contribution in [0.3, 0.4) is 0 Å². The van der Waals surface area contributed by atoms with Gasteiger partial charge in [-0.15, -0.1) is 0 Å². The average molecular weight is 407 g/mol. The Morgan fingerprint density at radius 1 is 1.00 bits per heavy atom. The predicted octanol–water partition coefficient (Wildman–Crippen LogP) is -0.00750. The van der Waals surface area contributed by atoms with Crippen molar-refractivity contribution in [2.45, 2.75) is 0 Å². The molecule has 0 aromatic rings. The van der Waals surface area contributed by atoms with Crippen molar-refractivity contribution in [3.05, 3.63) is 0 Å². The molecule has 0 amide bonds. The molecule has 0 nitrogen and oxygen atoms in total. The van der Waals surface area contributed by atoms with Crippen molar-refractivity contribution < 1.29 is 112 Å². The molecule has 0 aliphatic rings. The van der Waals surface area contributed by atoms with Crippen LogP contribution in [-0.4, -0.2) is 0 Å². The van der Waals surface area contributed by atoms with E-state index in [0.717, 1.165) is 0 Å². The fourth-order valence-corrected chi connectivity index (χ4v) is 0. The summed E-state index contributed by atoms with van der Waals surface area (Å²) in [7, 11) is 0. The number of rotatable bonds is 0. The third-order valence-corrected chi connectivity index (χ3v) is 0. The van der Waals surface area contributed by atoms with Gasteiger partial charge in [0.1, 0.15) is 0 Å². The molecular weight excluding hydrogens is 407 g/mol. The molecule has 0 unspecified atom stereocenters. The normalized spacial score (nSPS) is 0. The topological polar surface area (TPSA) is 0 Å². The molecule has 0 spiro atoms. The molecule has 0 fully saturated rings. The smallest absolute Gasteiger partial charge is 0 e. The van der Waals surface area contributed by atoms with Crippen LogP contribution < -0.4 is 0 Å². The van der Waals surface area contributed by atoms with E-state index in [-0.39, 0.29) is 112 Å². The summed E-state index contributed by atoms with van der Waals surface area (Å²) in [5, 5.41) is 0. The molecular formula is CdCeCuZr. The van der Waals surface area contributed by atoms with Gasteiger partial charge >= 0.3 is 0 Å². The quantitative estimate of drug-likeness (QED) is 0.496. The fourth-order valence-electron chi connectivity index (χ4n) is 0. The van der Waals surface area contributed by atoms with Crippen LogP contribution in [0, 0.1) is 41.7 Å². The van der Waals surface area contributed by atoms with Gasteiger partial charge in [-0.3, -0.25) is 0 Å². The van der Waals surface area contributed by atoms with Crippen LogP contribution in [0.25, 0.3) is 0 Å². The number of hydrogen-bond acceptors (Lipinski definition) is 0. The van der Waals surface area contributed by atoms with Gasteiger partial charge in [0.05, 0.1) is 0 Å². The third kappa shape index (κ3) is 9.20. The second-order valence-electron chi connectivity index (χ2n) is 0. The molecule has 0 aromatic carbocycles. The zero-order valence-corrected chi connectivity index (χ0v) is 12.6. The Morgan fingerprint density at radius 2 is 1.00 bits per heavy atom. The first kappa shape index (κ1) is 25.2. The Bertz CT molecular complexity index is 8.00. The minimum atomic E-state index is 0. The van der Waals surface area contributed by atoms with Crippen LogP contribution in [0.2, 0.25) is 0 Å². The van der Waals surface area contributed by atoms with Gasteiger partial charge in [-0.2, -0.15) is 0 Å². The minimum Gasteiger partial charge on any atom is 0 e. The summed E-state index contributed by atoms with van der Waals surface area (Å²) in [6.07, 6.45) is 0. The Labute approximate surface area is 109 Å². The third-order valence-electron chi connectivity index (χ3n) is 0. The van der Waals surface area contributed by atoms with E-state index in [2.05, 4.69) is 0 Å². The predicted molar refractivity (Wildman–Crippen MR) is 0 cm³/mol. The summed E-state index contributed by atoms with van der Waals surface area (Å²) >= 11 is 0. The van der Waals surface area contributed by atoms with E-state index < -0.39 is 0 Å². The Morgan fingerprint density at radius 3 is 1.00 bits per heavy atom. The van der Waals surface area contributed by atoms with Gasteiger partial charge in [0.25, 0.3) is 0 Å². The molecule has 0 aliphatic carbocycles. The van der Waals surface area contributed by atoms with E-state index in [4.69, 9.17) is 0 Å². The minimum absolute atomic E-state index is 0. The molecule has 0 N–H and O–H groups in total. The van der Waals surface area contributed by atoms with Crippen molar-refractivity contribution in [2.75, 3.05) is 0 Å². The molecule has 4 heavy (non-hydrogen) atoms. The zero-order chi connectivity index (χ0) is 0. The van der Waals surface area contributed by atoms with Crippen LogP contribution in [0.4, 0.5) is 0 Å². The monoisotopic (exact) mass is 407 g/mol. The molecule has 0 aliphatic heterocycles. The van der Waals surface area contributed by atoms with Gasteiger partial charge in [0.15, 0.2) is 0 Å². The molecule has 4 heteroatoms. The Balaban J connectivity index is 0. The van der Waals surface area contributed by atoms with Crippen LogP contribution >= 0.6 is 0 Å². The van der Waals surface area contributed by atoms with E-state index in [0.29, 0.717) is 0 Å². The average Bonchev–Trinajstić information content (AvgIpc) is 0. The fraction of sp³-hybridized carbons (Fsp3) is 0. The van der Waals surface area contributed by atoms with E-state index in [1.165, 1.54) is 0 Å². The van der Waals surface area contributed by atoms with Gasteiger partial charge < -0.3 is 0 Å². The summed E-state index contributed by atoms with van der Waals surface area (Å²) in [6.45, 7) is 0. The molecule has 0 heterocycles. The molecule has 0 saturated carbocycles. The molecule has 1 radical (unpaired) electrons. The number of hydrogen-bond donors (Lipinski definition) is 0. The summed E-state index contributed by atoms with van der Waals surface area (Å²) in [4.78, 5) is 0. The molecule has 0 saturated heterocycles. The maximum Gasteiger partial charge on any atom is 0 e. The van der Waals surface area contributed by atoms with Crippen LogP contribution in [0.15, 0.2) is 0 Å². The summed E-state index contributed by atoms with van der Waals surface area (Å²) in [5.74, 6) is 0. The largest absolute Gasteiger partial charge is 0 e. The molecule has 0 atom stereocenters. The first-order valence-electron chi connectivity index (χ1n) is 0. The first-order valence-corrected chi connectivity index (χ1v) is 0. The SMILES string of the molecule is [Cd].[Ce].[Cu].[Zr]. The first-order chi connectivity index (χ1) is 0. The maximum atomic E-state index is 0. The van der Waals surface area contributed by atoms with Crippen molar-refractivity contribution in [2.24, 2.45) is 0 Å². The van der Waals surface area contributed by atoms with Gasteiger partial charge in [-0.25, -0.2) is 0 Å². The van der Waals surface area contributed by atoms with Gasteiger partial charge in [-0.05, 0) is 0 Å². The van der Waals surface area contributed by atoms with Crippen molar-refractivity contribution in [1.29, 1.82) is 0 Å². The van der Waals surface area contributed by atoms with E-state index in [1.807, 2.05) is 0 Å². The van der Waals surface area contributed by atoms with Crippen molar-refractivity contribution in [1.82, 2.24) is 0 Å². The molecule has 0 aromatic heterocycles. The van der Waals surface area contributed by atoms with Crippen molar-refractivity contribution in [3.8, 4) is 0 Å². The Kier molecular flexibility index (Phi) is 100. The van der Waals surface area contributed by atoms with Crippen molar-refractivity contribution in [3.63, 3.8) is 0 Å². The second kappa shape index (κ2) is 15.9. The Hall–Kier alpha value is 3.70. The van der Waals surface area contributed by atoms with Gasteiger partial charge in [0, 0.05) is 112 Å². The van der Waals surface area contributed by atoms with E-state index in [9.17, 15) is 0 Å². The van der Waals surface area contributed by atoms with Crippen LogP contribution in [0.1, 0.15) is 0 Å². The molecule has 0 rings (SSSR count). The van der Waals surface area contributed by atoms with Gasteiger partial charge in [0.2, 0.25) is 0 Å². The van der Waals surface area contributed by atoms with Crippen molar-refractivity contribution >= 4 is 0 Å². The van der Waals surface area contributed by atoms with Crippen LogP contribution in [0.5, 0.6) is 0 Å². The zero-order valence-electron chi connectivity index (χ0n) is 2.01. The van der Waals surface area contributed by atoms with E-state index >= 15 is 0 Å². The summed E-state index contributed by atoms with van der Waals surface area (Å²) in [5.41, 5.74) is 0. The molecule has 21 valence electrons. The second-order valence-corrected chi connectivity index (χ2v) is 0. The van der Waals surface area contributed by atoms with Crippen LogP contribution in [-0.2, 0) is 70.6 Å².